The molecule has 0 aliphatic heterocycles. The average Bonchev–Trinajstić information content (AvgIpc) is 2.40. The normalized spacial score (nSPS) is 11.5. The summed E-state index contributed by atoms with van der Waals surface area (Å²) in [6.07, 6.45) is -4.61. The first kappa shape index (κ1) is 16.0. The minimum atomic E-state index is -4.61. The molecule has 0 heterocycles. The van der Waals surface area contributed by atoms with E-state index < -0.39 is 23.3 Å². The van der Waals surface area contributed by atoms with Crippen LogP contribution in [-0.4, -0.2) is 5.78 Å². The number of rotatable bonds is 2. The molecule has 0 atom stereocenters. The molecule has 0 N–H and O–H groups in total. The number of hydrogen-bond donors (Lipinski definition) is 0. The molecule has 2 rings (SSSR count). The van der Waals surface area contributed by atoms with Crippen LogP contribution in [0.15, 0.2) is 40.9 Å². The molecule has 0 amide bonds. The number of halogens is 6. The predicted octanol–water partition coefficient (Wildman–Crippen LogP) is 5.49. The van der Waals surface area contributed by atoms with E-state index >= 15 is 0 Å². The van der Waals surface area contributed by atoms with Crippen LogP contribution in [0.5, 0.6) is 0 Å². The van der Waals surface area contributed by atoms with Gasteiger partial charge in [-0.05, 0) is 36.4 Å². The van der Waals surface area contributed by atoms with Gasteiger partial charge in [0.15, 0.2) is 5.78 Å². The molecular weight excluding hydrogens is 376 g/mol. The summed E-state index contributed by atoms with van der Waals surface area (Å²) in [6.45, 7) is 0. The third kappa shape index (κ3) is 3.44. The van der Waals surface area contributed by atoms with E-state index in [2.05, 4.69) is 15.9 Å². The van der Waals surface area contributed by atoms with Gasteiger partial charge in [-0.1, -0.05) is 27.5 Å². The standard InChI is InChI=1S/C14H6BrClF4O/c15-11-3-1-7(5-10(11)14(18,19)20)13(21)9-6-8(17)2-4-12(9)16/h1-6H. The van der Waals surface area contributed by atoms with E-state index in [4.69, 9.17) is 11.6 Å². The van der Waals surface area contributed by atoms with Gasteiger partial charge in [-0.25, -0.2) is 4.39 Å². The molecule has 2 aromatic carbocycles. The maximum atomic E-state index is 13.2. The number of ketones is 1. The van der Waals surface area contributed by atoms with Crippen LogP contribution < -0.4 is 0 Å². The highest BCUT2D eigenvalue weighted by Crippen LogP contribution is 2.36. The van der Waals surface area contributed by atoms with E-state index in [9.17, 15) is 22.4 Å². The Labute approximate surface area is 130 Å². The second-order valence-electron chi connectivity index (χ2n) is 4.15. The first-order chi connectivity index (χ1) is 9.70. The monoisotopic (exact) mass is 380 g/mol. The highest BCUT2D eigenvalue weighted by atomic mass is 79.9. The molecule has 0 aromatic heterocycles. The Morgan fingerprint density at radius 2 is 1.76 bits per heavy atom. The van der Waals surface area contributed by atoms with Crippen LogP contribution in [0.25, 0.3) is 0 Å². The molecule has 0 spiro atoms. The summed E-state index contributed by atoms with van der Waals surface area (Å²) >= 11 is 8.56. The zero-order valence-corrected chi connectivity index (χ0v) is 12.5. The quantitative estimate of drug-likeness (QED) is 0.496. The van der Waals surface area contributed by atoms with Gasteiger partial charge in [0.25, 0.3) is 0 Å². The predicted molar refractivity (Wildman–Crippen MR) is 74.0 cm³/mol. The minimum absolute atomic E-state index is 0.0297. The number of alkyl halides is 3. The molecule has 0 bridgehead atoms. The van der Waals surface area contributed by atoms with Crippen LogP contribution in [0.2, 0.25) is 5.02 Å². The zero-order chi connectivity index (χ0) is 15.8. The number of hydrogen-bond acceptors (Lipinski definition) is 1. The van der Waals surface area contributed by atoms with Gasteiger partial charge in [0, 0.05) is 15.6 Å². The summed E-state index contributed by atoms with van der Waals surface area (Å²) in [4.78, 5) is 12.2. The second-order valence-corrected chi connectivity index (χ2v) is 5.41. The van der Waals surface area contributed by atoms with E-state index in [1.807, 2.05) is 0 Å². The van der Waals surface area contributed by atoms with Crippen molar-refractivity contribution in [2.24, 2.45) is 0 Å². The van der Waals surface area contributed by atoms with E-state index in [-0.39, 0.29) is 20.6 Å². The Bertz CT molecular complexity index is 713. The maximum absolute atomic E-state index is 13.2. The summed E-state index contributed by atoms with van der Waals surface area (Å²) in [5.41, 5.74) is -1.40. The number of carbonyl (C=O) groups excluding carboxylic acids is 1. The summed E-state index contributed by atoms with van der Waals surface area (Å²) in [5.74, 6) is -1.48. The lowest BCUT2D eigenvalue weighted by Gasteiger charge is -2.11. The fraction of sp³-hybridized carbons (Fsp3) is 0.0714. The van der Waals surface area contributed by atoms with Crippen LogP contribution >= 0.6 is 27.5 Å². The Morgan fingerprint density at radius 1 is 1.10 bits per heavy atom. The van der Waals surface area contributed by atoms with Crippen molar-refractivity contribution in [2.45, 2.75) is 6.18 Å². The summed E-state index contributed by atoms with van der Waals surface area (Å²) in [6, 6.07) is 6.15. The Morgan fingerprint density at radius 3 is 2.38 bits per heavy atom. The summed E-state index contributed by atoms with van der Waals surface area (Å²) < 4.78 is 51.4. The van der Waals surface area contributed by atoms with Crippen molar-refractivity contribution in [1.82, 2.24) is 0 Å². The lowest BCUT2D eigenvalue weighted by atomic mass is 10.0. The van der Waals surface area contributed by atoms with Crippen LogP contribution in [0, 0.1) is 5.82 Å². The molecule has 0 aliphatic carbocycles. The van der Waals surface area contributed by atoms with Crippen molar-refractivity contribution in [2.75, 3.05) is 0 Å². The first-order valence-electron chi connectivity index (χ1n) is 5.56. The van der Waals surface area contributed by atoms with Crippen molar-refractivity contribution >= 4 is 33.3 Å². The van der Waals surface area contributed by atoms with E-state index in [1.165, 1.54) is 12.1 Å². The van der Waals surface area contributed by atoms with Crippen molar-refractivity contribution < 1.29 is 22.4 Å². The first-order valence-corrected chi connectivity index (χ1v) is 6.74. The van der Waals surface area contributed by atoms with E-state index in [1.54, 1.807) is 0 Å². The molecule has 1 nitrogen and oxygen atoms in total. The van der Waals surface area contributed by atoms with Gasteiger partial charge in [0.05, 0.1) is 10.6 Å². The largest absolute Gasteiger partial charge is 0.417 e. The lowest BCUT2D eigenvalue weighted by molar-refractivity contribution is -0.138. The Kier molecular flexibility index (Phi) is 4.39. The van der Waals surface area contributed by atoms with Crippen molar-refractivity contribution in [3.05, 3.63) is 68.4 Å². The smallest absolute Gasteiger partial charge is 0.289 e. The molecule has 0 saturated heterocycles. The minimum Gasteiger partial charge on any atom is -0.289 e. The van der Waals surface area contributed by atoms with Crippen molar-refractivity contribution in [1.29, 1.82) is 0 Å². The fourth-order valence-corrected chi connectivity index (χ4v) is 2.39. The highest BCUT2D eigenvalue weighted by molar-refractivity contribution is 9.10. The fourth-order valence-electron chi connectivity index (χ4n) is 1.71. The van der Waals surface area contributed by atoms with Gasteiger partial charge >= 0.3 is 6.18 Å². The van der Waals surface area contributed by atoms with Crippen LogP contribution in [0.3, 0.4) is 0 Å². The van der Waals surface area contributed by atoms with Crippen LogP contribution in [0.4, 0.5) is 17.6 Å². The lowest BCUT2D eigenvalue weighted by Crippen LogP contribution is -2.09. The Balaban J connectivity index is 2.52. The van der Waals surface area contributed by atoms with Crippen LogP contribution in [-0.2, 0) is 6.18 Å². The Hall–Kier alpha value is -1.40. The highest BCUT2D eigenvalue weighted by Gasteiger charge is 2.33. The maximum Gasteiger partial charge on any atom is 0.417 e. The van der Waals surface area contributed by atoms with Gasteiger partial charge < -0.3 is 0 Å². The third-order valence-corrected chi connectivity index (χ3v) is 3.73. The molecule has 0 aliphatic rings. The molecule has 2 aromatic rings. The van der Waals surface area contributed by atoms with Gasteiger partial charge in [0.1, 0.15) is 5.82 Å². The molecule has 0 saturated carbocycles. The second kappa shape index (κ2) is 5.77. The molecular formula is C14H6BrClF4O. The zero-order valence-electron chi connectivity index (χ0n) is 10.1. The topological polar surface area (TPSA) is 17.1 Å². The molecule has 110 valence electrons. The summed E-state index contributed by atoms with van der Waals surface area (Å²) in [7, 11) is 0. The van der Waals surface area contributed by atoms with Gasteiger partial charge in [-0.2, -0.15) is 13.2 Å². The number of carbonyl (C=O) groups is 1. The van der Waals surface area contributed by atoms with E-state index in [0.29, 0.717) is 6.07 Å². The molecule has 0 fully saturated rings. The number of benzene rings is 2. The van der Waals surface area contributed by atoms with Crippen molar-refractivity contribution in [3.63, 3.8) is 0 Å². The third-order valence-electron chi connectivity index (χ3n) is 2.71. The molecule has 0 radical (unpaired) electrons. The van der Waals surface area contributed by atoms with Gasteiger partial charge in [-0.3, -0.25) is 4.79 Å². The average molecular weight is 382 g/mol. The molecule has 21 heavy (non-hydrogen) atoms. The molecule has 0 unspecified atom stereocenters. The summed E-state index contributed by atoms with van der Waals surface area (Å²) in [5, 5.41) is -0.0297. The van der Waals surface area contributed by atoms with Crippen LogP contribution in [0.1, 0.15) is 21.5 Å². The van der Waals surface area contributed by atoms with Gasteiger partial charge in [-0.15, -0.1) is 0 Å². The molecule has 7 heteroatoms. The van der Waals surface area contributed by atoms with E-state index in [0.717, 1.165) is 18.2 Å². The van der Waals surface area contributed by atoms with Crippen molar-refractivity contribution in [3.8, 4) is 0 Å². The van der Waals surface area contributed by atoms with Gasteiger partial charge in [0.2, 0.25) is 0 Å². The SMILES string of the molecule is O=C(c1ccc(Br)c(C(F)(F)F)c1)c1cc(F)ccc1Cl.